The zero-order valence-corrected chi connectivity index (χ0v) is 19.1. The highest BCUT2D eigenvalue weighted by Gasteiger charge is 2.16. The second-order valence-electron chi connectivity index (χ2n) is 7.10. The molecule has 4 aromatic carbocycles. The average Bonchev–Trinajstić information content (AvgIpc) is 2.85. The standard InChI is InChI=1S/C25H16BrN3O5/c26-19-8-3-6-17(13-19)24(30)28-27-15-22-21-10-2-1-5-16(21)11-12-23(22)34-25(31)18-7-4-9-20(14-18)29(32)33/h1-15H,(H,28,30). The van der Waals surface area contributed by atoms with Crippen LogP contribution in [0.4, 0.5) is 5.69 Å². The van der Waals surface area contributed by atoms with Gasteiger partial charge >= 0.3 is 5.97 Å². The molecule has 9 heteroatoms. The van der Waals surface area contributed by atoms with Crippen LogP contribution >= 0.6 is 15.9 Å². The highest BCUT2D eigenvalue weighted by atomic mass is 79.9. The van der Waals surface area contributed by atoms with Crippen LogP contribution in [-0.4, -0.2) is 23.0 Å². The van der Waals surface area contributed by atoms with Crippen LogP contribution in [0.2, 0.25) is 0 Å². The number of carbonyl (C=O) groups is 2. The van der Waals surface area contributed by atoms with E-state index in [1.165, 1.54) is 24.4 Å². The third kappa shape index (κ3) is 5.16. The lowest BCUT2D eigenvalue weighted by atomic mass is 10.0. The molecule has 0 saturated carbocycles. The van der Waals surface area contributed by atoms with Crippen LogP contribution in [0.15, 0.2) is 94.5 Å². The van der Waals surface area contributed by atoms with Crippen LogP contribution < -0.4 is 10.2 Å². The number of nitro benzene ring substituents is 1. The highest BCUT2D eigenvalue weighted by molar-refractivity contribution is 9.10. The molecule has 1 N–H and O–H groups in total. The van der Waals surface area contributed by atoms with Crippen LogP contribution in [0, 0.1) is 10.1 Å². The molecule has 1 amide bonds. The Hall–Kier alpha value is -4.37. The van der Waals surface area contributed by atoms with Gasteiger partial charge in [-0.15, -0.1) is 0 Å². The molecule has 0 fully saturated rings. The number of ether oxygens (including phenoxy) is 1. The van der Waals surface area contributed by atoms with Gasteiger partial charge in [-0.1, -0.05) is 58.4 Å². The molecule has 0 heterocycles. The molecule has 34 heavy (non-hydrogen) atoms. The number of benzene rings is 4. The molecule has 8 nitrogen and oxygen atoms in total. The van der Waals surface area contributed by atoms with E-state index in [1.54, 1.807) is 36.4 Å². The van der Waals surface area contributed by atoms with E-state index in [-0.39, 0.29) is 17.0 Å². The summed E-state index contributed by atoms with van der Waals surface area (Å²) in [5, 5.41) is 16.7. The number of fused-ring (bicyclic) bond motifs is 1. The minimum atomic E-state index is -0.758. The van der Waals surface area contributed by atoms with E-state index >= 15 is 0 Å². The zero-order chi connectivity index (χ0) is 24.1. The van der Waals surface area contributed by atoms with Gasteiger partial charge < -0.3 is 4.74 Å². The quantitative estimate of drug-likeness (QED) is 0.119. The van der Waals surface area contributed by atoms with Crippen molar-refractivity contribution in [2.45, 2.75) is 0 Å². The Bertz CT molecular complexity index is 1450. The number of halogens is 1. The molecule has 0 aliphatic carbocycles. The molecular weight excluding hydrogens is 502 g/mol. The predicted octanol–water partition coefficient (Wildman–Crippen LogP) is 5.49. The zero-order valence-electron chi connectivity index (χ0n) is 17.5. The third-order valence-electron chi connectivity index (χ3n) is 4.87. The van der Waals surface area contributed by atoms with E-state index < -0.39 is 16.8 Å². The summed E-state index contributed by atoms with van der Waals surface area (Å²) >= 11 is 3.32. The number of hydrogen-bond acceptors (Lipinski definition) is 6. The number of nitrogens with one attached hydrogen (secondary N) is 1. The Balaban J connectivity index is 1.63. The molecule has 4 rings (SSSR count). The second-order valence-corrected chi connectivity index (χ2v) is 8.02. The summed E-state index contributed by atoms with van der Waals surface area (Å²) in [4.78, 5) is 35.6. The van der Waals surface area contributed by atoms with Crippen molar-refractivity contribution in [3.05, 3.63) is 116 Å². The monoisotopic (exact) mass is 517 g/mol. The molecule has 0 atom stereocenters. The summed E-state index contributed by atoms with van der Waals surface area (Å²) in [7, 11) is 0. The number of hydrogen-bond donors (Lipinski definition) is 1. The van der Waals surface area contributed by atoms with Crippen LogP contribution in [-0.2, 0) is 0 Å². The molecular formula is C25H16BrN3O5. The number of amides is 1. The third-order valence-corrected chi connectivity index (χ3v) is 5.37. The van der Waals surface area contributed by atoms with Crippen molar-refractivity contribution in [3.8, 4) is 5.75 Å². The smallest absolute Gasteiger partial charge is 0.343 e. The molecule has 0 saturated heterocycles. The van der Waals surface area contributed by atoms with Crippen LogP contribution in [0.1, 0.15) is 26.3 Å². The number of carbonyl (C=O) groups excluding carboxylic acids is 2. The van der Waals surface area contributed by atoms with E-state index in [9.17, 15) is 19.7 Å². The van der Waals surface area contributed by atoms with Gasteiger partial charge in [-0.25, -0.2) is 10.2 Å². The summed E-state index contributed by atoms with van der Waals surface area (Å²) in [6.45, 7) is 0. The minimum absolute atomic E-state index is 0.0354. The molecule has 0 radical (unpaired) electrons. The van der Waals surface area contributed by atoms with Crippen molar-refractivity contribution in [2.75, 3.05) is 0 Å². The maximum Gasteiger partial charge on any atom is 0.343 e. The van der Waals surface area contributed by atoms with Gasteiger partial charge in [-0.05, 0) is 41.1 Å². The number of nitrogens with zero attached hydrogens (tertiary/aromatic N) is 2. The van der Waals surface area contributed by atoms with Gasteiger partial charge in [0.15, 0.2) is 0 Å². The lowest BCUT2D eigenvalue weighted by molar-refractivity contribution is -0.384. The number of esters is 1. The first-order valence-corrected chi connectivity index (χ1v) is 10.8. The Labute approximate surface area is 202 Å². The van der Waals surface area contributed by atoms with Gasteiger partial charge in [0.1, 0.15) is 5.75 Å². The Morgan fingerprint density at radius 2 is 1.71 bits per heavy atom. The largest absolute Gasteiger partial charge is 0.422 e. The van der Waals surface area contributed by atoms with Crippen LogP contribution in [0.5, 0.6) is 5.75 Å². The lowest BCUT2D eigenvalue weighted by Crippen LogP contribution is -2.17. The molecule has 0 aromatic heterocycles. The topological polar surface area (TPSA) is 111 Å². The van der Waals surface area contributed by atoms with Crippen molar-refractivity contribution in [2.24, 2.45) is 5.10 Å². The molecule has 0 bridgehead atoms. The van der Waals surface area contributed by atoms with Crippen molar-refractivity contribution >= 4 is 50.5 Å². The Morgan fingerprint density at radius 1 is 0.941 bits per heavy atom. The second kappa shape index (κ2) is 10.1. The molecule has 0 spiro atoms. The van der Waals surface area contributed by atoms with Crippen molar-refractivity contribution in [3.63, 3.8) is 0 Å². The molecule has 168 valence electrons. The predicted molar refractivity (Wildman–Crippen MR) is 131 cm³/mol. The maximum atomic E-state index is 12.7. The van der Waals surface area contributed by atoms with E-state index in [0.717, 1.165) is 21.3 Å². The lowest BCUT2D eigenvalue weighted by Gasteiger charge is -2.10. The SMILES string of the molecule is O=C(NN=Cc1c(OC(=O)c2cccc([N+](=O)[O-])c2)ccc2ccccc12)c1cccc(Br)c1. The normalized spacial score (nSPS) is 10.9. The molecule has 4 aromatic rings. The number of rotatable bonds is 6. The highest BCUT2D eigenvalue weighted by Crippen LogP contribution is 2.28. The Kier molecular flexibility index (Phi) is 6.74. The minimum Gasteiger partial charge on any atom is -0.422 e. The first-order chi connectivity index (χ1) is 16.4. The summed E-state index contributed by atoms with van der Waals surface area (Å²) in [5.74, 6) is -0.976. The molecule has 0 unspecified atom stereocenters. The van der Waals surface area contributed by atoms with Gasteiger partial charge in [0.2, 0.25) is 0 Å². The van der Waals surface area contributed by atoms with Gasteiger partial charge in [0.25, 0.3) is 11.6 Å². The first kappa shape index (κ1) is 22.8. The molecule has 0 aliphatic heterocycles. The summed E-state index contributed by atoms with van der Waals surface area (Å²) in [6, 6.07) is 22.9. The summed E-state index contributed by atoms with van der Waals surface area (Å²) in [6.07, 6.45) is 1.40. The number of non-ortho nitro benzene ring substituents is 1. The van der Waals surface area contributed by atoms with E-state index in [1.807, 2.05) is 24.3 Å². The van der Waals surface area contributed by atoms with Crippen LogP contribution in [0.25, 0.3) is 10.8 Å². The van der Waals surface area contributed by atoms with Gasteiger partial charge in [0, 0.05) is 27.7 Å². The fraction of sp³-hybridized carbons (Fsp3) is 0. The Morgan fingerprint density at radius 3 is 2.50 bits per heavy atom. The van der Waals surface area contributed by atoms with Crippen molar-refractivity contribution in [1.29, 1.82) is 0 Å². The number of nitro groups is 1. The number of hydrazone groups is 1. The van der Waals surface area contributed by atoms with Gasteiger partial charge in [-0.2, -0.15) is 5.10 Å². The summed E-state index contributed by atoms with van der Waals surface area (Å²) in [5.41, 5.74) is 3.17. The first-order valence-electron chi connectivity index (χ1n) is 10.00. The fourth-order valence-corrected chi connectivity index (χ4v) is 3.65. The van der Waals surface area contributed by atoms with E-state index in [0.29, 0.717) is 11.1 Å². The van der Waals surface area contributed by atoms with Crippen LogP contribution in [0.3, 0.4) is 0 Å². The summed E-state index contributed by atoms with van der Waals surface area (Å²) < 4.78 is 6.32. The fourth-order valence-electron chi connectivity index (χ4n) is 3.25. The molecule has 0 aliphatic rings. The van der Waals surface area contributed by atoms with Crippen molar-refractivity contribution in [1.82, 2.24) is 5.43 Å². The van der Waals surface area contributed by atoms with Gasteiger partial charge in [0.05, 0.1) is 16.7 Å². The van der Waals surface area contributed by atoms with E-state index in [2.05, 4.69) is 26.5 Å². The van der Waals surface area contributed by atoms with E-state index in [4.69, 9.17) is 4.74 Å². The maximum absolute atomic E-state index is 12.7. The van der Waals surface area contributed by atoms with Crippen molar-refractivity contribution < 1.29 is 19.2 Å². The average molecular weight is 518 g/mol. The van der Waals surface area contributed by atoms with Gasteiger partial charge in [-0.3, -0.25) is 14.9 Å².